The molecule has 0 aromatic heterocycles. The number of carbonyl (C=O) groups is 3. The number of nitro benzene ring substituents is 1. The number of benzene rings is 2. The molecule has 1 saturated heterocycles. The fourth-order valence-corrected chi connectivity index (χ4v) is 4.73. The highest BCUT2D eigenvalue weighted by atomic mass is 16.6. The van der Waals surface area contributed by atoms with E-state index in [2.05, 4.69) is 4.90 Å². The molecule has 0 radical (unpaired) electrons. The van der Waals surface area contributed by atoms with Gasteiger partial charge in [0.2, 0.25) is 0 Å². The molecule has 1 amide bonds. The van der Waals surface area contributed by atoms with Crippen molar-refractivity contribution in [1.29, 1.82) is 0 Å². The molecular weight excluding hydrogens is 446 g/mol. The summed E-state index contributed by atoms with van der Waals surface area (Å²) in [5.41, 5.74) is 1.82. The molecule has 0 N–H and O–H groups in total. The number of nitrogens with zero attached hydrogens (tertiary/aromatic N) is 3. The third-order valence-corrected chi connectivity index (χ3v) is 6.75. The number of amides is 1. The molecule has 1 saturated carbocycles. The molecule has 2 fully saturated rings. The molecule has 0 spiro atoms. The van der Waals surface area contributed by atoms with E-state index in [0.29, 0.717) is 43.5 Å². The number of unbranched alkanes of at least 4 members (excludes halogenated alkanes) is 1. The summed E-state index contributed by atoms with van der Waals surface area (Å²) in [4.78, 5) is 52.2. The van der Waals surface area contributed by atoms with Crippen LogP contribution in [0.1, 0.15) is 47.5 Å². The number of hydrogen-bond donors (Lipinski definition) is 0. The Balaban J connectivity index is 1.20. The first-order valence-electron chi connectivity index (χ1n) is 12.0. The first-order valence-corrected chi connectivity index (χ1v) is 12.0. The summed E-state index contributed by atoms with van der Waals surface area (Å²) < 4.78 is 0. The normalized spacial score (nSPS) is 19.0. The topological polar surface area (TPSA) is 101 Å². The summed E-state index contributed by atoms with van der Waals surface area (Å²) in [6.07, 6.45) is 4.08. The molecule has 0 bridgehead atoms. The van der Waals surface area contributed by atoms with Crippen LogP contribution in [0.4, 0.5) is 5.69 Å². The third kappa shape index (κ3) is 6.08. The molecule has 2 aromatic rings. The Morgan fingerprint density at radius 3 is 2.17 bits per heavy atom. The fourth-order valence-electron chi connectivity index (χ4n) is 4.73. The van der Waals surface area contributed by atoms with Gasteiger partial charge in [0, 0.05) is 56.7 Å². The Bertz CT molecular complexity index is 1100. The van der Waals surface area contributed by atoms with E-state index in [9.17, 15) is 24.5 Å². The van der Waals surface area contributed by atoms with Crippen molar-refractivity contribution < 1.29 is 19.3 Å². The molecule has 8 nitrogen and oxygen atoms in total. The first kappa shape index (κ1) is 24.5. The van der Waals surface area contributed by atoms with Crippen LogP contribution in [-0.4, -0.2) is 64.9 Å². The third-order valence-electron chi connectivity index (χ3n) is 6.75. The lowest BCUT2D eigenvalue weighted by Crippen LogP contribution is -2.48. The molecule has 1 heterocycles. The van der Waals surface area contributed by atoms with E-state index in [1.54, 1.807) is 11.0 Å². The Morgan fingerprint density at radius 1 is 0.943 bits per heavy atom. The summed E-state index contributed by atoms with van der Waals surface area (Å²) in [7, 11) is 0. The largest absolute Gasteiger partial charge is 0.336 e. The highest BCUT2D eigenvalue weighted by Crippen LogP contribution is 2.31. The van der Waals surface area contributed by atoms with Gasteiger partial charge in [0.05, 0.1) is 10.5 Å². The Hall–Kier alpha value is -3.65. The van der Waals surface area contributed by atoms with Crippen LogP contribution in [0.5, 0.6) is 0 Å². The van der Waals surface area contributed by atoms with Gasteiger partial charge in [-0.05, 0) is 43.0 Å². The minimum absolute atomic E-state index is 0.0293. The molecule has 8 heteroatoms. The molecule has 182 valence electrons. The van der Waals surface area contributed by atoms with Crippen molar-refractivity contribution in [3.8, 4) is 0 Å². The van der Waals surface area contributed by atoms with Crippen molar-refractivity contribution in [3.63, 3.8) is 0 Å². The number of carbonyl (C=O) groups excluding carboxylic acids is 3. The minimum atomic E-state index is -0.482. The quantitative estimate of drug-likeness (QED) is 0.199. The molecule has 35 heavy (non-hydrogen) atoms. The van der Waals surface area contributed by atoms with Crippen molar-refractivity contribution in [2.75, 3.05) is 32.7 Å². The number of piperazine rings is 1. The molecule has 1 aliphatic carbocycles. The van der Waals surface area contributed by atoms with Crippen LogP contribution in [0.3, 0.4) is 0 Å². The number of ketones is 2. The van der Waals surface area contributed by atoms with Gasteiger partial charge in [-0.2, -0.15) is 0 Å². The Kier molecular flexibility index (Phi) is 7.82. The second kappa shape index (κ2) is 11.2. The van der Waals surface area contributed by atoms with Crippen LogP contribution >= 0.6 is 0 Å². The zero-order valence-electron chi connectivity index (χ0n) is 19.6. The second-order valence-electron chi connectivity index (χ2n) is 9.06. The van der Waals surface area contributed by atoms with Gasteiger partial charge in [-0.1, -0.05) is 36.4 Å². The van der Waals surface area contributed by atoms with Crippen LogP contribution in [0, 0.1) is 10.1 Å². The predicted molar refractivity (Wildman–Crippen MR) is 131 cm³/mol. The van der Waals surface area contributed by atoms with E-state index in [-0.39, 0.29) is 29.1 Å². The van der Waals surface area contributed by atoms with Gasteiger partial charge in [0.15, 0.2) is 11.6 Å². The molecule has 0 unspecified atom stereocenters. The average molecular weight is 476 g/mol. The Labute approximate surface area is 204 Å². The van der Waals surface area contributed by atoms with Crippen molar-refractivity contribution in [1.82, 2.24) is 9.80 Å². The molecule has 4 rings (SSSR count). The van der Waals surface area contributed by atoms with Crippen LogP contribution in [-0.2, 0) is 9.59 Å². The smallest absolute Gasteiger partial charge is 0.269 e. The molecule has 2 aromatic carbocycles. The van der Waals surface area contributed by atoms with E-state index in [1.807, 2.05) is 30.3 Å². The number of rotatable bonds is 7. The van der Waals surface area contributed by atoms with Gasteiger partial charge in [0.1, 0.15) is 0 Å². The molecule has 1 aliphatic heterocycles. The number of Topliss-reactive ketones (excluding diaryl/α,β-unsaturated/α-hetero) is 2. The summed E-state index contributed by atoms with van der Waals surface area (Å²) in [5.74, 6) is -0.271. The first-order chi connectivity index (χ1) is 16.9. The molecule has 2 aliphatic rings. The summed E-state index contributed by atoms with van der Waals surface area (Å²) in [6.45, 7) is 3.50. The lowest BCUT2D eigenvalue weighted by atomic mass is 9.79. The van der Waals surface area contributed by atoms with Crippen LogP contribution in [0.2, 0.25) is 0 Å². The summed E-state index contributed by atoms with van der Waals surface area (Å²) in [5, 5.41) is 10.8. The summed E-state index contributed by atoms with van der Waals surface area (Å²) >= 11 is 0. The summed E-state index contributed by atoms with van der Waals surface area (Å²) in [6, 6.07) is 15.4. The van der Waals surface area contributed by atoms with E-state index in [1.165, 1.54) is 24.3 Å². The van der Waals surface area contributed by atoms with Crippen molar-refractivity contribution in [3.05, 3.63) is 87.5 Å². The van der Waals surface area contributed by atoms with Crippen LogP contribution in [0.15, 0.2) is 66.2 Å². The van der Waals surface area contributed by atoms with Crippen molar-refractivity contribution >= 4 is 23.2 Å². The highest BCUT2D eigenvalue weighted by molar-refractivity contribution is 6.22. The number of allylic oxidation sites excluding steroid dienone is 2. The SMILES string of the molecule is O=C1CC(c2ccccc2)CC(=O)C1=CCCCN1CCN(C(=O)c2ccc([N+](=O)[O-])cc2)CC1. The minimum Gasteiger partial charge on any atom is -0.336 e. The average Bonchev–Trinajstić information content (AvgIpc) is 2.88. The highest BCUT2D eigenvalue weighted by Gasteiger charge is 2.31. The standard InChI is InChI=1S/C27H29N3O5/c31-25-18-22(20-6-2-1-3-7-20)19-26(32)24(25)8-4-5-13-28-14-16-29(17-15-28)27(33)21-9-11-23(12-10-21)30(34)35/h1-3,6-12,22H,4-5,13-19H2. The van der Waals surface area contributed by atoms with E-state index >= 15 is 0 Å². The fraction of sp³-hybridized carbons (Fsp3) is 0.370. The van der Waals surface area contributed by atoms with E-state index in [4.69, 9.17) is 0 Å². The van der Waals surface area contributed by atoms with Gasteiger partial charge < -0.3 is 4.90 Å². The molecular formula is C27H29N3O5. The Morgan fingerprint density at radius 2 is 1.57 bits per heavy atom. The maximum absolute atomic E-state index is 12.7. The maximum Gasteiger partial charge on any atom is 0.269 e. The monoisotopic (exact) mass is 475 g/mol. The number of hydrogen-bond acceptors (Lipinski definition) is 6. The van der Waals surface area contributed by atoms with Gasteiger partial charge in [-0.15, -0.1) is 0 Å². The second-order valence-corrected chi connectivity index (χ2v) is 9.06. The predicted octanol–water partition coefficient (Wildman–Crippen LogP) is 3.78. The van der Waals surface area contributed by atoms with Crippen molar-refractivity contribution in [2.24, 2.45) is 0 Å². The van der Waals surface area contributed by atoms with Crippen LogP contribution < -0.4 is 0 Å². The number of non-ortho nitro benzene ring substituents is 1. The van der Waals surface area contributed by atoms with Gasteiger partial charge in [-0.25, -0.2) is 0 Å². The van der Waals surface area contributed by atoms with E-state index in [0.717, 1.165) is 31.6 Å². The lowest BCUT2D eigenvalue weighted by Gasteiger charge is -2.34. The maximum atomic E-state index is 12.7. The van der Waals surface area contributed by atoms with Gasteiger partial charge in [0.25, 0.3) is 11.6 Å². The van der Waals surface area contributed by atoms with E-state index < -0.39 is 4.92 Å². The van der Waals surface area contributed by atoms with Crippen LogP contribution in [0.25, 0.3) is 0 Å². The van der Waals surface area contributed by atoms with Crippen molar-refractivity contribution in [2.45, 2.75) is 31.6 Å². The zero-order valence-corrected chi connectivity index (χ0v) is 19.6. The lowest BCUT2D eigenvalue weighted by molar-refractivity contribution is -0.384. The zero-order chi connectivity index (χ0) is 24.8. The number of nitro groups is 1. The van der Waals surface area contributed by atoms with Gasteiger partial charge in [-0.3, -0.25) is 29.4 Å². The van der Waals surface area contributed by atoms with Gasteiger partial charge >= 0.3 is 0 Å². The molecule has 0 atom stereocenters.